The minimum absolute atomic E-state index is 0.201. The van der Waals surface area contributed by atoms with Crippen LogP contribution in [0, 0.1) is 5.82 Å². The van der Waals surface area contributed by atoms with Crippen LogP contribution in [0.1, 0.15) is 46.0 Å². The Morgan fingerprint density at radius 1 is 1.20 bits per heavy atom. The Morgan fingerprint density at radius 3 is 2.60 bits per heavy atom. The van der Waals surface area contributed by atoms with Gasteiger partial charge in [-0.15, -0.1) is 0 Å². The van der Waals surface area contributed by atoms with Crippen LogP contribution in [0.5, 0.6) is 0 Å². The number of carbonyl (C=O) groups excluding carboxylic acids is 1. The third-order valence-electron chi connectivity index (χ3n) is 3.24. The highest BCUT2D eigenvalue weighted by Gasteiger charge is 2.10. The monoisotopic (exact) mass is 280 g/mol. The van der Waals surface area contributed by atoms with Crippen molar-refractivity contribution in [2.75, 3.05) is 11.9 Å². The van der Waals surface area contributed by atoms with Gasteiger partial charge in [0.05, 0.1) is 12.2 Å². The molecule has 112 valence electrons. The van der Waals surface area contributed by atoms with Crippen LogP contribution in [0.3, 0.4) is 0 Å². The number of rotatable bonds is 9. The maximum atomic E-state index is 13.4. The Balaban J connectivity index is 2.39. The van der Waals surface area contributed by atoms with Crippen molar-refractivity contribution in [3.8, 4) is 0 Å². The second-order valence-corrected chi connectivity index (χ2v) is 5.04. The molecule has 0 heterocycles. The van der Waals surface area contributed by atoms with Crippen LogP contribution < -0.4 is 10.6 Å². The van der Waals surface area contributed by atoms with Crippen molar-refractivity contribution in [1.82, 2.24) is 5.32 Å². The summed E-state index contributed by atoms with van der Waals surface area (Å²) in [4.78, 5) is 11.8. The Hall–Kier alpha value is -1.42. The molecule has 0 spiro atoms. The third-order valence-corrected chi connectivity index (χ3v) is 3.24. The molecule has 2 N–H and O–H groups in total. The SMILES string of the molecule is CCCCC(CCC)NCC(=O)Nc1ccccc1F. The van der Waals surface area contributed by atoms with E-state index in [9.17, 15) is 9.18 Å². The van der Waals surface area contributed by atoms with Gasteiger partial charge in [0.1, 0.15) is 5.82 Å². The number of nitrogens with one attached hydrogen (secondary N) is 2. The number of hydrogen-bond acceptors (Lipinski definition) is 2. The van der Waals surface area contributed by atoms with Crippen molar-refractivity contribution in [2.45, 2.75) is 52.0 Å². The normalized spacial score (nSPS) is 12.2. The van der Waals surface area contributed by atoms with Gasteiger partial charge in [-0.2, -0.15) is 0 Å². The molecule has 3 nitrogen and oxygen atoms in total. The zero-order valence-electron chi connectivity index (χ0n) is 12.4. The first-order valence-electron chi connectivity index (χ1n) is 7.45. The van der Waals surface area contributed by atoms with E-state index in [-0.39, 0.29) is 18.1 Å². The van der Waals surface area contributed by atoms with Crippen molar-refractivity contribution in [3.63, 3.8) is 0 Å². The molecule has 0 aromatic heterocycles. The Bertz CT molecular complexity index is 409. The summed E-state index contributed by atoms with van der Waals surface area (Å²) in [5.74, 6) is -0.607. The summed E-state index contributed by atoms with van der Waals surface area (Å²) in [6.45, 7) is 4.52. The van der Waals surface area contributed by atoms with E-state index in [0.29, 0.717) is 6.04 Å². The fourth-order valence-electron chi connectivity index (χ4n) is 2.14. The van der Waals surface area contributed by atoms with E-state index >= 15 is 0 Å². The molecule has 0 saturated carbocycles. The summed E-state index contributed by atoms with van der Waals surface area (Å²) >= 11 is 0. The fraction of sp³-hybridized carbons (Fsp3) is 0.562. The van der Waals surface area contributed by atoms with E-state index in [1.165, 1.54) is 6.07 Å². The minimum atomic E-state index is -0.406. The summed E-state index contributed by atoms with van der Waals surface area (Å²) < 4.78 is 13.4. The molecule has 1 aromatic carbocycles. The number of benzene rings is 1. The van der Waals surface area contributed by atoms with Crippen LogP contribution in [0.25, 0.3) is 0 Å². The standard InChI is InChI=1S/C16H25FN2O/c1-3-5-9-13(8-4-2)18-12-16(20)19-15-11-7-6-10-14(15)17/h6-7,10-11,13,18H,3-5,8-9,12H2,1-2H3,(H,19,20). The first-order chi connectivity index (χ1) is 9.67. The smallest absolute Gasteiger partial charge is 0.238 e. The lowest BCUT2D eigenvalue weighted by Crippen LogP contribution is -2.36. The first-order valence-corrected chi connectivity index (χ1v) is 7.45. The lowest BCUT2D eigenvalue weighted by Gasteiger charge is -2.17. The summed E-state index contributed by atoms with van der Waals surface area (Å²) in [5, 5.41) is 5.85. The summed E-state index contributed by atoms with van der Waals surface area (Å²) in [6, 6.07) is 6.57. The number of para-hydroxylation sites is 1. The van der Waals surface area contributed by atoms with Gasteiger partial charge in [0.2, 0.25) is 5.91 Å². The lowest BCUT2D eigenvalue weighted by atomic mass is 10.1. The maximum absolute atomic E-state index is 13.4. The Kier molecular flexibility index (Phi) is 7.88. The van der Waals surface area contributed by atoms with E-state index in [0.717, 1.165) is 32.1 Å². The van der Waals surface area contributed by atoms with Crippen molar-refractivity contribution in [1.29, 1.82) is 0 Å². The largest absolute Gasteiger partial charge is 0.322 e. The van der Waals surface area contributed by atoms with Gasteiger partial charge in [0.25, 0.3) is 0 Å². The highest BCUT2D eigenvalue weighted by atomic mass is 19.1. The second-order valence-electron chi connectivity index (χ2n) is 5.04. The topological polar surface area (TPSA) is 41.1 Å². The van der Waals surface area contributed by atoms with Gasteiger partial charge in [-0.1, -0.05) is 45.2 Å². The van der Waals surface area contributed by atoms with Gasteiger partial charge in [-0.3, -0.25) is 4.79 Å². The number of anilines is 1. The average molecular weight is 280 g/mol. The molecule has 1 atom stereocenters. The van der Waals surface area contributed by atoms with Crippen LogP contribution in [-0.2, 0) is 4.79 Å². The van der Waals surface area contributed by atoms with Gasteiger partial charge in [-0.05, 0) is 25.0 Å². The van der Waals surface area contributed by atoms with E-state index in [1.807, 2.05) is 0 Å². The Labute approximate surface area is 121 Å². The molecule has 1 rings (SSSR count). The second kappa shape index (κ2) is 9.48. The lowest BCUT2D eigenvalue weighted by molar-refractivity contribution is -0.115. The molecule has 0 bridgehead atoms. The van der Waals surface area contributed by atoms with Gasteiger partial charge in [0, 0.05) is 6.04 Å². The summed E-state index contributed by atoms with van der Waals surface area (Å²) in [5.41, 5.74) is 0.236. The quantitative estimate of drug-likeness (QED) is 0.724. The van der Waals surface area contributed by atoms with E-state index in [1.54, 1.807) is 18.2 Å². The molecule has 4 heteroatoms. The zero-order chi connectivity index (χ0) is 14.8. The molecule has 1 amide bonds. The molecular weight excluding hydrogens is 255 g/mol. The zero-order valence-corrected chi connectivity index (χ0v) is 12.4. The van der Waals surface area contributed by atoms with Gasteiger partial charge in [-0.25, -0.2) is 4.39 Å². The molecule has 0 saturated heterocycles. The van der Waals surface area contributed by atoms with E-state index in [2.05, 4.69) is 24.5 Å². The van der Waals surface area contributed by atoms with Crippen LogP contribution in [0.4, 0.5) is 10.1 Å². The van der Waals surface area contributed by atoms with Crippen LogP contribution in [0.2, 0.25) is 0 Å². The van der Waals surface area contributed by atoms with Crippen molar-refractivity contribution in [2.24, 2.45) is 0 Å². The molecule has 0 fully saturated rings. The number of halogens is 1. The fourth-order valence-corrected chi connectivity index (χ4v) is 2.14. The third kappa shape index (κ3) is 6.15. The van der Waals surface area contributed by atoms with Crippen LogP contribution in [-0.4, -0.2) is 18.5 Å². The first kappa shape index (κ1) is 16.6. The van der Waals surface area contributed by atoms with Crippen molar-refractivity contribution in [3.05, 3.63) is 30.1 Å². The average Bonchev–Trinajstić information content (AvgIpc) is 2.44. The minimum Gasteiger partial charge on any atom is -0.322 e. The van der Waals surface area contributed by atoms with Gasteiger partial charge in [0.15, 0.2) is 0 Å². The van der Waals surface area contributed by atoms with Gasteiger partial charge >= 0.3 is 0 Å². The number of carbonyl (C=O) groups is 1. The Morgan fingerprint density at radius 2 is 1.95 bits per heavy atom. The van der Waals surface area contributed by atoms with Gasteiger partial charge < -0.3 is 10.6 Å². The molecule has 0 radical (unpaired) electrons. The predicted molar refractivity (Wildman–Crippen MR) is 81.3 cm³/mol. The number of hydrogen-bond donors (Lipinski definition) is 2. The molecule has 0 aliphatic rings. The molecule has 1 aromatic rings. The molecule has 1 unspecified atom stereocenters. The van der Waals surface area contributed by atoms with E-state index < -0.39 is 5.82 Å². The highest BCUT2D eigenvalue weighted by molar-refractivity contribution is 5.92. The van der Waals surface area contributed by atoms with Crippen molar-refractivity contribution >= 4 is 11.6 Å². The van der Waals surface area contributed by atoms with E-state index in [4.69, 9.17) is 0 Å². The molecular formula is C16H25FN2O. The molecule has 0 aliphatic heterocycles. The number of unbranched alkanes of at least 4 members (excludes halogenated alkanes) is 1. The van der Waals surface area contributed by atoms with Crippen LogP contribution >= 0.6 is 0 Å². The van der Waals surface area contributed by atoms with Crippen molar-refractivity contribution < 1.29 is 9.18 Å². The highest BCUT2D eigenvalue weighted by Crippen LogP contribution is 2.12. The summed E-state index contributed by atoms with van der Waals surface area (Å²) in [6.07, 6.45) is 5.55. The molecule has 0 aliphatic carbocycles. The predicted octanol–water partition coefficient (Wildman–Crippen LogP) is 3.71. The number of amides is 1. The molecule has 20 heavy (non-hydrogen) atoms. The maximum Gasteiger partial charge on any atom is 0.238 e. The summed E-state index contributed by atoms with van der Waals surface area (Å²) in [7, 11) is 0. The van der Waals surface area contributed by atoms with Crippen LogP contribution in [0.15, 0.2) is 24.3 Å².